The van der Waals surface area contributed by atoms with Gasteiger partial charge in [-0.2, -0.15) is 0 Å². The molecule has 0 fully saturated rings. The monoisotopic (exact) mass is 298 g/mol. The molecule has 0 saturated carbocycles. The van der Waals surface area contributed by atoms with Gasteiger partial charge in [0.15, 0.2) is 0 Å². The van der Waals surface area contributed by atoms with Gasteiger partial charge < -0.3 is 16.0 Å². The third-order valence-electron chi connectivity index (χ3n) is 2.37. The van der Waals surface area contributed by atoms with Crippen LogP contribution in [0.25, 0.3) is 0 Å². The zero-order chi connectivity index (χ0) is 13.8. The van der Waals surface area contributed by atoms with E-state index in [4.69, 9.17) is 5.73 Å². The largest absolute Gasteiger partial charge is 0.374 e. The Bertz CT molecular complexity index is 540. The summed E-state index contributed by atoms with van der Waals surface area (Å²) in [6, 6.07) is -0.405. The topological polar surface area (TPSA) is 97.0 Å². The SMILES string of the molecule is C[C@@H](NC(=O)N(C)Cc1nccs1)c1nnc(N)s1. The highest BCUT2D eigenvalue weighted by molar-refractivity contribution is 7.15. The molecule has 3 N–H and O–H groups in total. The molecule has 9 heteroatoms. The smallest absolute Gasteiger partial charge is 0.318 e. The highest BCUT2D eigenvalue weighted by Gasteiger charge is 2.17. The zero-order valence-electron chi connectivity index (χ0n) is 10.5. The Morgan fingerprint density at radius 3 is 2.95 bits per heavy atom. The van der Waals surface area contributed by atoms with Gasteiger partial charge in [0, 0.05) is 18.6 Å². The number of amides is 2. The highest BCUT2D eigenvalue weighted by atomic mass is 32.1. The van der Waals surface area contributed by atoms with Crippen LogP contribution >= 0.6 is 22.7 Å². The van der Waals surface area contributed by atoms with E-state index in [-0.39, 0.29) is 12.1 Å². The van der Waals surface area contributed by atoms with E-state index in [0.717, 1.165) is 5.01 Å². The molecule has 0 unspecified atom stereocenters. The van der Waals surface area contributed by atoms with Crippen LogP contribution in [0.2, 0.25) is 0 Å². The molecule has 0 aliphatic heterocycles. The number of hydrogen-bond acceptors (Lipinski definition) is 7. The fourth-order valence-corrected chi connectivity index (χ4v) is 2.67. The Labute approximate surface area is 118 Å². The summed E-state index contributed by atoms with van der Waals surface area (Å²) in [5.74, 6) is 0. The second-order valence-electron chi connectivity index (χ2n) is 3.93. The molecule has 2 amide bonds. The van der Waals surface area contributed by atoms with E-state index in [9.17, 15) is 4.79 Å². The van der Waals surface area contributed by atoms with Gasteiger partial charge in [-0.1, -0.05) is 11.3 Å². The molecular weight excluding hydrogens is 284 g/mol. The van der Waals surface area contributed by atoms with Crippen molar-refractivity contribution in [3.8, 4) is 0 Å². The maximum Gasteiger partial charge on any atom is 0.318 e. The fraction of sp³-hybridized carbons (Fsp3) is 0.400. The maximum atomic E-state index is 12.0. The first-order valence-corrected chi connectivity index (χ1v) is 7.24. The van der Waals surface area contributed by atoms with Crippen molar-refractivity contribution in [1.82, 2.24) is 25.4 Å². The molecule has 2 heterocycles. The van der Waals surface area contributed by atoms with Gasteiger partial charge in [-0.3, -0.25) is 0 Å². The van der Waals surface area contributed by atoms with Crippen molar-refractivity contribution in [2.24, 2.45) is 0 Å². The van der Waals surface area contributed by atoms with Crippen LogP contribution in [-0.4, -0.2) is 33.2 Å². The summed E-state index contributed by atoms with van der Waals surface area (Å²) in [5.41, 5.74) is 5.51. The molecule has 0 aliphatic carbocycles. The molecule has 102 valence electrons. The van der Waals surface area contributed by atoms with Crippen LogP contribution in [0.3, 0.4) is 0 Å². The van der Waals surface area contributed by atoms with E-state index in [1.807, 2.05) is 12.3 Å². The number of nitrogens with two attached hydrogens (primary N) is 1. The first-order valence-electron chi connectivity index (χ1n) is 5.55. The second kappa shape index (κ2) is 5.93. The van der Waals surface area contributed by atoms with Crippen LogP contribution in [0, 0.1) is 0 Å². The van der Waals surface area contributed by atoms with Gasteiger partial charge in [0.1, 0.15) is 10.0 Å². The summed E-state index contributed by atoms with van der Waals surface area (Å²) in [4.78, 5) is 17.7. The number of hydrogen-bond donors (Lipinski definition) is 2. The van der Waals surface area contributed by atoms with Crippen LogP contribution in [0.15, 0.2) is 11.6 Å². The van der Waals surface area contributed by atoms with E-state index in [0.29, 0.717) is 16.7 Å². The Morgan fingerprint density at radius 1 is 1.58 bits per heavy atom. The molecule has 0 spiro atoms. The van der Waals surface area contributed by atoms with E-state index in [2.05, 4.69) is 20.5 Å². The molecular formula is C10H14N6OS2. The van der Waals surface area contributed by atoms with E-state index >= 15 is 0 Å². The average Bonchev–Trinajstić information content (AvgIpc) is 3.00. The van der Waals surface area contributed by atoms with Crippen molar-refractivity contribution in [3.05, 3.63) is 21.6 Å². The number of aromatic nitrogens is 3. The molecule has 19 heavy (non-hydrogen) atoms. The molecule has 0 saturated heterocycles. The maximum absolute atomic E-state index is 12.0. The standard InChI is InChI=1S/C10H14N6OS2/c1-6(8-14-15-9(11)19-8)13-10(17)16(2)5-7-12-3-4-18-7/h3-4,6H,5H2,1-2H3,(H2,11,15)(H,13,17)/t6-/m1/s1. The molecule has 0 aromatic carbocycles. The lowest BCUT2D eigenvalue weighted by atomic mass is 10.3. The van der Waals surface area contributed by atoms with E-state index in [1.54, 1.807) is 18.1 Å². The number of nitrogen functional groups attached to an aromatic ring is 1. The van der Waals surface area contributed by atoms with Gasteiger partial charge in [0.25, 0.3) is 0 Å². The normalized spacial score (nSPS) is 12.1. The summed E-state index contributed by atoms with van der Waals surface area (Å²) >= 11 is 2.78. The lowest BCUT2D eigenvalue weighted by Gasteiger charge is -2.19. The Kier molecular flexibility index (Phi) is 4.27. The minimum atomic E-state index is -0.221. The molecule has 0 radical (unpaired) electrons. The molecule has 0 aliphatic rings. The van der Waals surface area contributed by atoms with Crippen molar-refractivity contribution in [2.45, 2.75) is 19.5 Å². The van der Waals surface area contributed by atoms with Crippen molar-refractivity contribution < 1.29 is 4.79 Å². The molecule has 0 bridgehead atoms. The minimum absolute atomic E-state index is 0.184. The first kappa shape index (κ1) is 13.7. The Balaban J connectivity index is 1.89. The van der Waals surface area contributed by atoms with Crippen molar-refractivity contribution in [3.63, 3.8) is 0 Å². The number of nitrogens with one attached hydrogen (secondary N) is 1. The third kappa shape index (κ3) is 3.61. The third-order valence-corrected chi connectivity index (χ3v) is 4.07. The number of nitrogens with zero attached hydrogens (tertiary/aromatic N) is 4. The summed E-state index contributed by atoms with van der Waals surface area (Å²) in [6.07, 6.45) is 1.72. The summed E-state index contributed by atoms with van der Waals surface area (Å²) in [6.45, 7) is 2.32. The number of urea groups is 1. The van der Waals surface area contributed by atoms with Crippen LogP contribution in [0.5, 0.6) is 0 Å². The first-order chi connectivity index (χ1) is 9.06. The summed E-state index contributed by atoms with van der Waals surface area (Å²) in [5, 5.41) is 14.3. The number of anilines is 1. The van der Waals surface area contributed by atoms with Crippen molar-refractivity contribution in [2.75, 3.05) is 12.8 Å². The van der Waals surface area contributed by atoms with Crippen LogP contribution in [0.4, 0.5) is 9.93 Å². The number of carbonyl (C=O) groups is 1. The number of carbonyl (C=O) groups excluding carboxylic acids is 1. The molecule has 2 aromatic rings. The zero-order valence-corrected chi connectivity index (χ0v) is 12.2. The number of thiazole rings is 1. The highest BCUT2D eigenvalue weighted by Crippen LogP contribution is 2.19. The van der Waals surface area contributed by atoms with Gasteiger partial charge in [-0.05, 0) is 6.92 Å². The number of rotatable bonds is 4. The van der Waals surface area contributed by atoms with Gasteiger partial charge >= 0.3 is 6.03 Å². The van der Waals surface area contributed by atoms with Crippen LogP contribution < -0.4 is 11.1 Å². The summed E-state index contributed by atoms with van der Waals surface area (Å²) in [7, 11) is 1.72. The molecule has 7 nitrogen and oxygen atoms in total. The molecule has 2 aromatic heterocycles. The predicted octanol–water partition coefficient (Wildman–Crippen LogP) is 1.48. The van der Waals surface area contributed by atoms with Crippen molar-refractivity contribution >= 4 is 33.8 Å². The molecule has 1 atom stereocenters. The van der Waals surface area contributed by atoms with E-state index < -0.39 is 0 Å². The van der Waals surface area contributed by atoms with Gasteiger partial charge in [0.05, 0.1) is 12.6 Å². The Hall–Kier alpha value is -1.74. The van der Waals surface area contributed by atoms with Crippen molar-refractivity contribution in [1.29, 1.82) is 0 Å². The second-order valence-corrected chi connectivity index (χ2v) is 5.95. The van der Waals surface area contributed by atoms with E-state index in [1.165, 1.54) is 22.7 Å². The van der Waals surface area contributed by atoms with Crippen LogP contribution in [0.1, 0.15) is 23.0 Å². The Morgan fingerprint density at radius 2 is 2.37 bits per heavy atom. The minimum Gasteiger partial charge on any atom is -0.374 e. The lowest BCUT2D eigenvalue weighted by Crippen LogP contribution is -2.38. The molecule has 2 rings (SSSR count). The van der Waals surface area contributed by atoms with Gasteiger partial charge in [0.2, 0.25) is 5.13 Å². The van der Waals surface area contributed by atoms with Gasteiger partial charge in [-0.25, -0.2) is 9.78 Å². The van der Waals surface area contributed by atoms with Gasteiger partial charge in [-0.15, -0.1) is 21.5 Å². The lowest BCUT2D eigenvalue weighted by molar-refractivity contribution is 0.203. The summed E-state index contributed by atoms with van der Waals surface area (Å²) < 4.78 is 0. The van der Waals surface area contributed by atoms with Crippen LogP contribution in [-0.2, 0) is 6.54 Å². The fourth-order valence-electron chi connectivity index (χ4n) is 1.38. The quantitative estimate of drug-likeness (QED) is 0.891. The predicted molar refractivity (Wildman–Crippen MR) is 74.8 cm³/mol. The average molecular weight is 298 g/mol.